The van der Waals surface area contributed by atoms with Crippen LogP contribution in [-0.2, 0) is 22.6 Å². The molecule has 2 heterocycles. The number of nitrogens with one attached hydrogen (secondary N) is 1. The van der Waals surface area contributed by atoms with E-state index in [1.165, 1.54) is 0 Å². The van der Waals surface area contributed by atoms with E-state index in [0.717, 1.165) is 61.3 Å². The number of fused-ring (bicyclic) bond motifs is 1. The fraction of sp³-hybridized carbons (Fsp3) is 0.407. The highest BCUT2D eigenvalue weighted by molar-refractivity contribution is 5.95. The molecular formula is C27H33N3O4. The largest absolute Gasteiger partial charge is 0.379 e. The first-order valence-corrected chi connectivity index (χ1v) is 11.9. The van der Waals surface area contributed by atoms with Gasteiger partial charge in [0.2, 0.25) is 0 Å². The third-order valence-corrected chi connectivity index (χ3v) is 6.38. The van der Waals surface area contributed by atoms with Crippen molar-refractivity contribution >= 4 is 16.7 Å². The third-order valence-electron chi connectivity index (χ3n) is 6.38. The summed E-state index contributed by atoms with van der Waals surface area (Å²) in [6.45, 7) is 7.38. The van der Waals surface area contributed by atoms with Gasteiger partial charge in [0.15, 0.2) is 5.43 Å². The van der Waals surface area contributed by atoms with Gasteiger partial charge in [-0.05, 0) is 36.2 Å². The molecule has 0 saturated carbocycles. The fourth-order valence-electron chi connectivity index (χ4n) is 4.60. The number of benzene rings is 2. The molecular weight excluding hydrogens is 430 g/mol. The van der Waals surface area contributed by atoms with E-state index in [1.54, 1.807) is 13.2 Å². The Labute approximate surface area is 200 Å². The molecule has 1 aromatic heterocycles. The summed E-state index contributed by atoms with van der Waals surface area (Å²) in [7, 11) is 1.58. The number of hydrogen-bond acceptors (Lipinski definition) is 5. The van der Waals surface area contributed by atoms with E-state index in [2.05, 4.69) is 34.5 Å². The van der Waals surface area contributed by atoms with Crippen molar-refractivity contribution in [2.24, 2.45) is 0 Å². The number of carbonyl (C=O) groups is 1. The van der Waals surface area contributed by atoms with Crippen molar-refractivity contribution in [2.45, 2.75) is 26.5 Å². The zero-order valence-electron chi connectivity index (χ0n) is 20.0. The van der Waals surface area contributed by atoms with Crippen LogP contribution >= 0.6 is 0 Å². The highest BCUT2D eigenvalue weighted by Crippen LogP contribution is 2.21. The summed E-state index contributed by atoms with van der Waals surface area (Å²) in [5, 5.41) is 5.26. The number of nitrogens with zero attached hydrogens (tertiary/aromatic N) is 2. The van der Waals surface area contributed by atoms with E-state index in [4.69, 9.17) is 9.47 Å². The van der Waals surface area contributed by atoms with Gasteiger partial charge in [0.1, 0.15) is 5.56 Å². The van der Waals surface area contributed by atoms with Gasteiger partial charge in [-0.3, -0.25) is 14.5 Å². The average molecular weight is 464 g/mol. The first-order chi connectivity index (χ1) is 16.6. The number of hydrogen-bond donors (Lipinski definition) is 1. The van der Waals surface area contributed by atoms with E-state index in [-0.39, 0.29) is 23.5 Å². The van der Waals surface area contributed by atoms with Crippen LogP contribution in [-0.4, -0.2) is 61.9 Å². The quantitative estimate of drug-likeness (QED) is 0.494. The molecule has 0 aliphatic carbocycles. The molecule has 7 nitrogen and oxygen atoms in total. The van der Waals surface area contributed by atoms with Crippen molar-refractivity contribution in [1.82, 2.24) is 14.8 Å². The minimum atomic E-state index is -0.342. The second kappa shape index (κ2) is 11.4. The van der Waals surface area contributed by atoms with E-state index in [0.29, 0.717) is 18.8 Å². The SMILES string of the molecule is COCc1c(C(=O)NCCCN2CCOCC2)c(=O)cc(C)n1Cc1cccc2ccccc12. The predicted molar refractivity (Wildman–Crippen MR) is 133 cm³/mol. The number of amides is 1. The number of ether oxygens (including phenoxy) is 2. The maximum atomic E-state index is 13.1. The number of aromatic nitrogens is 1. The topological polar surface area (TPSA) is 72.8 Å². The molecule has 2 aromatic carbocycles. The van der Waals surface area contributed by atoms with E-state index < -0.39 is 0 Å². The number of methoxy groups -OCH3 is 1. The van der Waals surface area contributed by atoms with Crippen LogP contribution in [0.15, 0.2) is 53.3 Å². The number of morpholine rings is 1. The number of carbonyl (C=O) groups excluding carboxylic acids is 1. The van der Waals surface area contributed by atoms with E-state index >= 15 is 0 Å². The minimum Gasteiger partial charge on any atom is -0.379 e. The van der Waals surface area contributed by atoms with Gasteiger partial charge >= 0.3 is 0 Å². The lowest BCUT2D eigenvalue weighted by molar-refractivity contribution is 0.0374. The van der Waals surface area contributed by atoms with Crippen LogP contribution in [0, 0.1) is 6.92 Å². The highest BCUT2D eigenvalue weighted by atomic mass is 16.5. The summed E-state index contributed by atoms with van der Waals surface area (Å²) in [5.41, 5.74) is 2.42. The third kappa shape index (κ3) is 5.55. The van der Waals surface area contributed by atoms with Gasteiger partial charge in [-0.1, -0.05) is 42.5 Å². The normalized spacial score (nSPS) is 14.4. The molecule has 180 valence electrons. The van der Waals surface area contributed by atoms with Crippen LogP contribution in [0.1, 0.15) is 33.7 Å². The molecule has 1 aliphatic heterocycles. The molecule has 1 fully saturated rings. The van der Waals surface area contributed by atoms with Gasteiger partial charge in [0, 0.05) is 45.0 Å². The van der Waals surface area contributed by atoms with Crippen molar-refractivity contribution < 1.29 is 14.3 Å². The molecule has 0 radical (unpaired) electrons. The van der Waals surface area contributed by atoms with Crippen molar-refractivity contribution in [2.75, 3.05) is 46.5 Å². The molecule has 4 rings (SSSR count). The molecule has 34 heavy (non-hydrogen) atoms. The molecule has 0 atom stereocenters. The number of pyridine rings is 1. The maximum Gasteiger partial charge on any atom is 0.257 e. The van der Waals surface area contributed by atoms with Gasteiger partial charge in [-0.25, -0.2) is 0 Å². The van der Waals surface area contributed by atoms with Crippen molar-refractivity contribution in [1.29, 1.82) is 0 Å². The van der Waals surface area contributed by atoms with Crippen LogP contribution < -0.4 is 10.7 Å². The van der Waals surface area contributed by atoms with Crippen LogP contribution in [0.25, 0.3) is 10.8 Å². The Balaban J connectivity index is 1.57. The zero-order valence-corrected chi connectivity index (χ0v) is 20.0. The first kappa shape index (κ1) is 24.1. The lowest BCUT2D eigenvalue weighted by atomic mass is 10.0. The summed E-state index contributed by atoms with van der Waals surface area (Å²) in [6.07, 6.45) is 0.821. The van der Waals surface area contributed by atoms with Gasteiger partial charge in [-0.15, -0.1) is 0 Å². The molecule has 1 aliphatic rings. The Hall–Kier alpha value is -3.00. The standard InChI is InChI=1S/C27H33N3O4/c1-20-17-25(31)26(27(32)28-11-6-12-29-13-15-34-16-14-29)24(19-33-2)30(20)18-22-9-5-8-21-7-3-4-10-23(21)22/h3-5,7-10,17H,6,11-16,18-19H2,1-2H3,(H,28,32). The first-order valence-electron chi connectivity index (χ1n) is 11.9. The van der Waals surface area contributed by atoms with Crippen LogP contribution in [0.2, 0.25) is 0 Å². The summed E-state index contributed by atoms with van der Waals surface area (Å²) >= 11 is 0. The number of aryl methyl sites for hydroxylation is 1. The minimum absolute atomic E-state index is 0.166. The van der Waals surface area contributed by atoms with Crippen LogP contribution in [0.3, 0.4) is 0 Å². The second-order valence-corrected chi connectivity index (χ2v) is 8.69. The predicted octanol–water partition coefficient (Wildman–Crippen LogP) is 2.96. The Morgan fingerprint density at radius 3 is 2.68 bits per heavy atom. The molecule has 0 spiro atoms. The Bertz CT molecular complexity index is 1190. The van der Waals surface area contributed by atoms with Crippen molar-refractivity contribution in [3.63, 3.8) is 0 Å². The van der Waals surface area contributed by atoms with Gasteiger partial charge < -0.3 is 19.4 Å². The second-order valence-electron chi connectivity index (χ2n) is 8.69. The zero-order chi connectivity index (χ0) is 23.9. The molecule has 1 N–H and O–H groups in total. The van der Waals surface area contributed by atoms with Crippen LogP contribution in [0.5, 0.6) is 0 Å². The monoisotopic (exact) mass is 463 g/mol. The van der Waals surface area contributed by atoms with Gasteiger partial charge in [0.25, 0.3) is 5.91 Å². The highest BCUT2D eigenvalue weighted by Gasteiger charge is 2.21. The molecule has 1 amide bonds. The van der Waals surface area contributed by atoms with Gasteiger partial charge in [0.05, 0.1) is 25.5 Å². The Morgan fingerprint density at radius 1 is 1.12 bits per heavy atom. The molecule has 0 bridgehead atoms. The molecule has 3 aromatic rings. The molecule has 0 unspecified atom stereocenters. The summed E-state index contributed by atoms with van der Waals surface area (Å²) in [5.74, 6) is -0.342. The Kier molecular flexibility index (Phi) is 8.11. The maximum absolute atomic E-state index is 13.1. The Morgan fingerprint density at radius 2 is 1.88 bits per heavy atom. The smallest absolute Gasteiger partial charge is 0.257 e. The van der Waals surface area contributed by atoms with E-state index in [9.17, 15) is 9.59 Å². The van der Waals surface area contributed by atoms with Crippen LogP contribution in [0.4, 0.5) is 0 Å². The van der Waals surface area contributed by atoms with Crippen molar-refractivity contribution in [3.05, 3.63) is 81.3 Å². The summed E-state index contributed by atoms with van der Waals surface area (Å²) < 4.78 is 12.8. The molecule has 7 heteroatoms. The fourth-order valence-corrected chi connectivity index (χ4v) is 4.60. The average Bonchev–Trinajstić information content (AvgIpc) is 2.85. The van der Waals surface area contributed by atoms with Gasteiger partial charge in [-0.2, -0.15) is 0 Å². The van der Waals surface area contributed by atoms with E-state index in [1.807, 2.05) is 29.7 Å². The lowest BCUT2D eigenvalue weighted by Crippen LogP contribution is -2.38. The number of rotatable bonds is 9. The van der Waals surface area contributed by atoms with Crippen molar-refractivity contribution in [3.8, 4) is 0 Å². The lowest BCUT2D eigenvalue weighted by Gasteiger charge is -2.26. The summed E-state index contributed by atoms with van der Waals surface area (Å²) in [4.78, 5) is 28.4. The summed E-state index contributed by atoms with van der Waals surface area (Å²) in [6, 6.07) is 16.0. The molecule has 1 saturated heterocycles.